The maximum absolute atomic E-state index is 12.4. The lowest BCUT2D eigenvalue weighted by molar-refractivity contribution is -0.118. The summed E-state index contributed by atoms with van der Waals surface area (Å²) in [4.78, 5) is 24.2. The molecular weight excluding hydrogens is 286 g/mol. The maximum atomic E-state index is 12.4. The molecule has 0 radical (unpaired) electrons. The summed E-state index contributed by atoms with van der Waals surface area (Å²) < 4.78 is 0. The maximum Gasteiger partial charge on any atom is 0.226 e. The number of ketones is 1. The minimum Gasteiger partial charge on any atom is -0.326 e. The standard InChI is InChI=1S/C17H16ClNO2/c1-11(2)17(21)19-13-8-9-15(18)14(10-13)16(20)12-6-4-3-5-7-12/h3-11H,1-2H3,(H,19,21). The molecule has 0 heterocycles. The third kappa shape index (κ3) is 3.70. The average Bonchev–Trinajstić information content (AvgIpc) is 2.49. The first-order valence-corrected chi connectivity index (χ1v) is 7.07. The topological polar surface area (TPSA) is 46.2 Å². The van der Waals surface area contributed by atoms with Crippen molar-refractivity contribution in [2.75, 3.05) is 5.32 Å². The fraction of sp³-hybridized carbons (Fsp3) is 0.176. The number of rotatable bonds is 4. The summed E-state index contributed by atoms with van der Waals surface area (Å²) in [7, 11) is 0. The van der Waals surface area contributed by atoms with Gasteiger partial charge in [-0.3, -0.25) is 9.59 Å². The summed E-state index contributed by atoms with van der Waals surface area (Å²) in [6.45, 7) is 3.61. The predicted octanol–water partition coefficient (Wildman–Crippen LogP) is 4.17. The summed E-state index contributed by atoms with van der Waals surface area (Å²) in [5, 5.41) is 3.13. The number of carbonyl (C=O) groups excluding carboxylic acids is 2. The van der Waals surface area contributed by atoms with Crippen LogP contribution >= 0.6 is 11.6 Å². The number of hydrogen-bond acceptors (Lipinski definition) is 2. The van der Waals surface area contributed by atoms with Crippen molar-refractivity contribution < 1.29 is 9.59 Å². The van der Waals surface area contributed by atoms with E-state index in [1.54, 1.807) is 56.3 Å². The highest BCUT2D eigenvalue weighted by Crippen LogP contribution is 2.23. The fourth-order valence-electron chi connectivity index (χ4n) is 1.81. The van der Waals surface area contributed by atoms with E-state index in [-0.39, 0.29) is 17.6 Å². The van der Waals surface area contributed by atoms with E-state index in [0.29, 0.717) is 21.8 Å². The molecule has 0 aromatic heterocycles. The van der Waals surface area contributed by atoms with Gasteiger partial charge in [0.1, 0.15) is 0 Å². The minimum atomic E-state index is -0.166. The Morgan fingerprint density at radius 1 is 1.05 bits per heavy atom. The van der Waals surface area contributed by atoms with Crippen LogP contribution in [0.15, 0.2) is 48.5 Å². The number of carbonyl (C=O) groups is 2. The summed E-state index contributed by atoms with van der Waals surface area (Å²) >= 11 is 6.11. The van der Waals surface area contributed by atoms with E-state index in [0.717, 1.165) is 0 Å². The van der Waals surface area contributed by atoms with E-state index in [9.17, 15) is 9.59 Å². The summed E-state index contributed by atoms with van der Waals surface area (Å²) in [5.74, 6) is -0.398. The van der Waals surface area contributed by atoms with Crippen LogP contribution in [0.4, 0.5) is 5.69 Å². The Balaban J connectivity index is 2.32. The lowest BCUT2D eigenvalue weighted by atomic mass is 10.0. The smallest absolute Gasteiger partial charge is 0.226 e. The van der Waals surface area contributed by atoms with Gasteiger partial charge in [0, 0.05) is 22.7 Å². The molecule has 0 saturated carbocycles. The van der Waals surface area contributed by atoms with Crippen molar-refractivity contribution in [2.45, 2.75) is 13.8 Å². The number of hydrogen-bond donors (Lipinski definition) is 1. The van der Waals surface area contributed by atoms with Crippen molar-refractivity contribution in [3.05, 3.63) is 64.7 Å². The fourth-order valence-corrected chi connectivity index (χ4v) is 2.01. The van der Waals surface area contributed by atoms with E-state index in [4.69, 9.17) is 11.6 Å². The first-order chi connectivity index (χ1) is 9.99. The first-order valence-electron chi connectivity index (χ1n) is 6.69. The second kappa shape index (κ2) is 6.55. The van der Waals surface area contributed by atoms with Crippen LogP contribution in [-0.2, 0) is 4.79 Å². The number of nitrogens with one attached hydrogen (secondary N) is 1. The summed E-state index contributed by atoms with van der Waals surface area (Å²) in [6.07, 6.45) is 0. The van der Waals surface area contributed by atoms with Crippen LogP contribution in [0.3, 0.4) is 0 Å². The molecule has 1 N–H and O–H groups in total. The van der Waals surface area contributed by atoms with Gasteiger partial charge >= 0.3 is 0 Å². The largest absolute Gasteiger partial charge is 0.326 e. The molecule has 1 amide bonds. The predicted molar refractivity (Wildman–Crippen MR) is 84.8 cm³/mol. The molecule has 0 aliphatic carbocycles. The molecule has 21 heavy (non-hydrogen) atoms. The number of anilines is 1. The van der Waals surface area contributed by atoms with E-state index >= 15 is 0 Å². The van der Waals surface area contributed by atoms with Crippen molar-refractivity contribution in [3.8, 4) is 0 Å². The van der Waals surface area contributed by atoms with Crippen molar-refractivity contribution >= 4 is 29.0 Å². The van der Waals surface area contributed by atoms with E-state index < -0.39 is 0 Å². The molecule has 0 atom stereocenters. The third-order valence-electron chi connectivity index (χ3n) is 3.04. The molecule has 2 aromatic carbocycles. The summed E-state index contributed by atoms with van der Waals surface area (Å²) in [6, 6.07) is 13.8. The van der Waals surface area contributed by atoms with Gasteiger partial charge in [0.2, 0.25) is 5.91 Å². The molecule has 2 rings (SSSR count). The third-order valence-corrected chi connectivity index (χ3v) is 3.37. The molecular formula is C17H16ClNO2. The molecule has 0 spiro atoms. The zero-order valence-corrected chi connectivity index (χ0v) is 12.6. The van der Waals surface area contributed by atoms with Crippen LogP contribution < -0.4 is 5.32 Å². The molecule has 0 unspecified atom stereocenters. The zero-order valence-electron chi connectivity index (χ0n) is 11.9. The number of halogens is 1. The number of amides is 1. The molecule has 0 aliphatic heterocycles. The quantitative estimate of drug-likeness (QED) is 0.862. The highest BCUT2D eigenvalue weighted by molar-refractivity contribution is 6.35. The Labute approximate surface area is 128 Å². The average molecular weight is 302 g/mol. The highest BCUT2D eigenvalue weighted by atomic mass is 35.5. The van der Waals surface area contributed by atoms with Gasteiger partial charge in [-0.25, -0.2) is 0 Å². The molecule has 3 nitrogen and oxygen atoms in total. The number of benzene rings is 2. The Kier molecular flexibility index (Phi) is 4.76. The second-order valence-corrected chi connectivity index (χ2v) is 5.44. The lowest BCUT2D eigenvalue weighted by Gasteiger charge is -2.10. The van der Waals surface area contributed by atoms with E-state index in [2.05, 4.69) is 5.32 Å². The Morgan fingerprint density at radius 3 is 2.33 bits per heavy atom. The zero-order chi connectivity index (χ0) is 15.4. The van der Waals surface area contributed by atoms with Gasteiger partial charge in [-0.15, -0.1) is 0 Å². The van der Waals surface area contributed by atoms with Gasteiger partial charge in [0.25, 0.3) is 0 Å². The van der Waals surface area contributed by atoms with Crippen molar-refractivity contribution in [2.24, 2.45) is 5.92 Å². The van der Waals surface area contributed by atoms with Crippen LogP contribution in [0, 0.1) is 5.92 Å². The monoisotopic (exact) mass is 301 g/mol. The molecule has 2 aromatic rings. The Hall–Kier alpha value is -2.13. The van der Waals surface area contributed by atoms with Crippen LogP contribution in [0.5, 0.6) is 0 Å². The first kappa shape index (κ1) is 15.3. The van der Waals surface area contributed by atoms with Crippen LogP contribution in [-0.4, -0.2) is 11.7 Å². The Morgan fingerprint density at radius 2 is 1.71 bits per heavy atom. The second-order valence-electron chi connectivity index (χ2n) is 5.03. The Bertz CT molecular complexity index is 666. The van der Waals surface area contributed by atoms with Gasteiger partial charge in [0.15, 0.2) is 5.78 Å². The van der Waals surface area contributed by atoms with Crippen molar-refractivity contribution in [1.29, 1.82) is 0 Å². The lowest BCUT2D eigenvalue weighted by Crippen LogP contribution is -2.18. The van der Waals surface area contributed by atoms with Crippen molar-refractivity contribution in [3.63, 3.8) is 0 Å². The normalized spacial score (nSPS) is 10.5. The minimum absolute atomic E-state index is 0.101. The van der Waals surface area contributed by atoms with Crippen LogP contribution in [0.25, 0.3) is 0 Å². The molecule has 0 saturated heterocycles. The van der Waals surface area contributed by atoms with Gasteiger partial charge in [-0.05, 0) is 18.2 Å². The van der Waals surface area contributed by atoms with Crippen LogP contribution in [0.2, 0.25) is 5.02 Å². The summed E-state index contributed by atoms with van der Waals surface area (Å²) in [5.41, 5.74) is 1.51. The van der Waals surface area contributed by atoms with Gasteiger partial charge in [-0.2, -0.15) is 0 Å². The molecule has 0 aliphatic rings. The van der Waals surface area contributed by atoms with E-state index in [1.807, 2.05) is 6.07 Å². The van der Waals surface area contributed by atoms with Crippen LogP contribution in [0.1, 0.15) is 29.8 Å². The molecule has 108 valence electrons. The molecule has 0 bridgehead atoms. The molecule has 0 fully saturated rings. The van der Waals surface area contributed by atoms with Gasteiger partial charge in [0.05, 0.1) is 5.02 Å². The molecule has 4 heteroatoms. The van der Waals surface area contributed by atoms with Gasteiger partial charge in [-0.1, -0.05) is 55.8 Å². The van der Waals surface area contributed by atoms with Crippen molar-refractivity contribution in [1.82, 2.24) is 0 Å². The van der Waals surface area contributed by atoms with Gasteiger partial charge < -0.3 is 5.32 Å². The van der Waals surface area contributed by atoms with E-state index in [1.165, 1.54) is 0 Å². The SMILES string of the molecule is CC(C)C(=O)Nc1ccc(Cl)c(C(=O)c2ccccc2)c1. The highest BCUT2D eigenvalue weighted by Gasteiger charge is 2.14.